The zero-order valence-corrected chi connectivity index (χ0v) is 12.5. The van der Waals surface area contributed by atoms with Crippen molar-refractivity contribution < 1.29 is 4.74 Å². The molecule has 2 nitrogen and oxygen atoms in total. The number of rotatable bonds is 6. The fraction of sp³-hybridized carbons (Fsp3) is 1.00. The van der Waals surface area contributed by atoms with Crippen molar-refractivity contribution in [2.75, 3.05) is 13.7 Å². The number of nitrogens with one attached hydrogen (secondary N) is 1. The summed E-state index contributed by atoms with van der Waals surface area (Å²) in [5, 5.41) is 3.62. The van der Waals surface area contributed by atoms with Gasteiger partial charge in [0.05, 0.1) is 6.10 Å². The third-order valence-electron chi connectivity index (χ3n) is 3.57. The van der Waals surface area contributed by atoms with Crippen molar-refractivity contribution in [2.45, 2.75) is 66.5 Å². The van der Waals surface area contributed by atoms with E-state index in [2.05, 4.69) is 53.8 Å². The number of hydrogen-bond acceptors (Lipinski definition) is 2. The van der Waals surface area contributed by atoms with Crippen LogP contribution in [0.1, 0.15) is 54.9 Å². The highest BCUT2D eigenvalue weighted by atomic mass is 16.5. The normalized spacial score (nSPS) is 18.6. The molecule has 2 atom stereocenters. The van der Waals surface area contributed by atoms with E-state index in [0.29, 0.717) is 17.4 Å². The molecular weight excluding hydrogens is 198 g/mol. The van der Waals surface area contributed by atoms with E-state index < -0.39 is 0 Å². The predicted molar refractivity (Wildman–Crippen MR) is 71.8 cm³/mol. The van der Waals surface area contributed by atoms with Gasteiger partial charge >= 0.3 is 0 Å². The highest BCUT2D eigenvalue weighted by Crippen LogP contribution is 2.32. The Morgan fingerprint density at radius 1 is 1.06 bits per heavy atom. The molecule has 2 unspecified atom stereocenters. The lowest BCUT2D eigenvalue weighted by molar-refractivity contribution is 0.0474. The standard InChI is InChI=1S/C14H31NO/c1-11(2)14(7,9-12(3)16-8)10-15-13(4,5)6/h11-12,15H,9-10H2,1-8H3. The second-order valence-corrected chi connectivity index (χ2v) is 6.66. The first-order chi connectivity index (χ1) is 7.10. The molecule has 0 radical (unpaired) electrons. The summed E-state index contributed by atoms with van der Waals surface area (Å²) in [6.07, 6.45) is 1.43. The Bertz CT molecular complexity index is 195. The van der Waals surface area contributed by atoms with Crippen molar-refractivity contribution >= 4 is 0 Å². The third kappa shape index (κ3) is 5.86. The van der Waals surface area contributed by atoms with Crippen molar-refractivity contribution in [1.29, 1.82) is 0 Å². The molecule has 0 saturated heterocycles. The Morgan fingerprint density at radius 2 is 1.56 bits per heavy atom. The molecule has 2 heteroatoms. The van der Waals surface area contributed by atoms with E-state index in [1.165, 1.54) is 0 Å². The van der Waals surface area contributed by atoms with Gasteiger partial charge in [-0.15, -0.1) is 0 Å². The molecule has 98 valence electrons. The second-order valence-electron chi connectivity index (χ2n) is 6.66. The van der Waals surface area contributed by atoms with Gasteiger partial charge in [-0.2, -0.15) is 0 Å². The Hall–Kier alpha value is -0.0800. The van der Waals surface area contributed by atoms with Crippen LogP contribution in [0.5, 0.6) is 0 Å². The van der Waals surface area contributed by atoms with Gasteiger partial charge in [0.25, 0.3) is 0 Å². The lowest BCUT2D eigenvalue weighted by Crippen LogP contribution is -2.46. The molecular formula is C14H31NO. The van der Waals surface area contributed by atoms with Crippen LogP contribution in [0.4, 0.5) is 0 Å². The molecule has 0 fully saturated rings. The Labute approximate surface area is 102 Å². The summed E-state index contributed by atoms with van der Waals surface area (Å²) >= 11 is 0. The smallest absolute Gasteiger partial charge is 0.0549 e. The SMILES string of the molecule is COC(C)CC(C)(CNC(C)(C)C)C(C)C. The second kappa shape index (κ2) is 6.02. The van der Waals surface area contributed by atoms with Crippen LogP contribution in [0.2, 0.25) is 0 Å². The summed E-state index contributed by atoms with van der Waals surface area (Å²) in [5.41, 5.74) is 0.481. The number of ether oxygens (including phenoxy) is 1. The molecule has 0 aliphatic heterocycles. The molecule has 0 aromatic heterocycles. The van der Waals surface area contributed by atoms with Crippen molar-refractivity contribution in [3.63, 3.8) is 0 Å². The van der Waals surface area contributed by atoms with E-state index in [9.17, 15) is 0 Å². The molecule has 0 aliphatic carbocycles. The molecule has 0 aromatic carbocycles. The van der Waals surface area contributed by atoms with Crippen molar-refractivity contribution in [3.05, 3.63) is 0 Å². The molecule has 0 bridgehead atoms. The quantitative estimate of drug-likeness (QED) is 0.753. The van der Waals surface area contributed by atoms with Gasteiger partial charge in [0.1, 0.15) is 0 Å². The summed E-state index contributed by atoms with van der Waals surface area (Å²) in [6.45, 7) is 16.8. The van der Waals surface area contributed by atoms with Crippen LogP contribution >= 0.6 is 0 Å². The lowest BCUT2D eigenvalue weighted by Gasteiger charge is -2.38. The minimum absolute atomic E-state index is 0.187. The highest BCUT2D eigenvalue weighted by molar-refractivity contribution is 4.85. The first kappa shape index (κ1) is 15.9. The van der Waals surface area contributed by atoms with E-state index in [1.54, 1.807) is 7.11 Å². The van der Waals surface area contributed by atoms with Crippen molar-refractivity contribution in [3.8, 4) is 0 Å². The zero-order chi connectivity index (χ0) is 13.0. The number of methoxy groups -OCH3 is 1. The van der Waals surface area contributed by atoms with E-state index in [-0.39, 0.29) is 5.54 Å². The zero-order valence-electron chi connectivity index (χ0n) is 12.5. The summed E-state index contributed by atoms with van der Waals surface area (Å²) < 4.78 is 5.40. The molecule has 0 spiro atoms. The molecule has 0 aromatic rings. The van der Waals surface area contributed by atoms with Crippen LogP contribution in [0.3, 0.4) is 0 Å². The van der Waals surface area contributed by atoms with Crippen LogP contribution in [0.15, 0.2) is 0 Å². The molecule has 16 heavy (non-hydrogen) atoms. The van der Waals surface area contributed by atoms with E-state index in [4.69, 9.17) is 4.74 Å². The average molecular weight is 229 g/mol. The minimum Gasteiger partial charge on any atom is -0.382 e. The van der Waals surface area contributed by atoms with Gasteiger partial charge in [0, 0.05) is 19.2 Å². The van der Waals surface area contributed by atoms with Crippen LogP contribution in [-0.2, 0) is 4.74 Å². The Kier molecular flexibility index (Phi) is 5.99. The summed E-state index contributed by atoms with van der Waals surface area (Å²) in [6, 6.07) is 0. The summed E-state index contributed by atoms with van der Waals surface area (Å²) in [4.78, 5) is 0. The van der Waals surface area contributed by atoms with E-state index in [0.717, 1.165) is 13.0 Å². The van der Waals surface area contributed by atoms with Crippen LogP contribution in [0.25, 0.3) is 0 Å². The predicted octanol–water partition coefficient (Wildman–Crippen LogP) is 3.46. The maximum atomic E-state index is 5.40. The van der Waals surface area contributed by atoms with Gasteiger partial charge in [0.2, 0.25) is 0 Å². The Balaban J connectivity index is 4.45. The molecule has 0 aliphatic rings. The fourth-order valence-electron chi connectivity index (χ4n) is 1.72. The van der Waals surface area contributed by atoms with Crippen LogP contribution in [0, 0.1) is 11.3 Å². The van der Waals surface area contributed by atoms with E-state index >= 15 is 0 Å². The first-order valence-electron chi connectivity index (χ1n) is 6.38. The van der Waals surface area contributed by atoms with Gasteiger partial charge in [0.15, 0.2) is 0 Å². The maximum Gasteiger partial charge on any atom is 0.0549 e. The van der Waals surface area contributed by atoms with Gasteiger partial charge in [-0.1, -0.05) is 20.8 Å². The highest BCUT2D eigenvalue weighted by Gasteiger charge is 2.31. The van der Waals surface area contributed by atoms with E-state index in [1.807, 2.05) is 0 Å². The number of hydrogen-bond donors (Lipinski definition) is 1. The molecule has 0 amide bonds. The first-order valence-corrected chi connectivity index (χ1v) is 6.38. The summed E-state index contributed by atoms with van der Waals surface area (Å²) in [5.74, 6) is 0.653. The van der Waals surface area contributed by atoms with Gasteiger partial charge < -0.3 is 10.1 Å². The monoisotopic (exact) mass is 229 g/mol. The van der Waals surface area contributed by atoms with Crippen LogP contribution < -0.4 is 5.32 Å². The lowest BCUT2D eigenvalue weighted by atomic mass is 9.74. The molecule has 1 N–H and O–H groups in total. The van der Waals surface area contributed by atoms with Gasteiger partial charge in [-0.05, 0) is 45.4 Å². The topological polar surface area (TPSA) is 21.3 Å². The molecule has 0 rings (SSSR count). The Morgan fingerprint density at radius 3 is 1.88 bits per heavy atom. The molecule has 0 heterocycles. The van der Waals surface area contributed by atoms with Gasteiger partial charge in [-0.3, -0.25) is 0 Å². The third-order valence-corrected chi connectivity index (χ3v) is 3.57. The van der Waals surface area contributed by atoms with Crippen molar-refractivity contribution in [2.24, 2.45) is 11.3 Å². The largest absolute Gasteiger partial charge is 0.382 e. The van der Waals surface area contributed by atoms with Gasteiger partial charge in [-0.25, -0.2) is 0 Å². The minimum atomic E-state index is 0.187. The van der Waals surface area contributed by atoms with Crippen molar-refractivity contribution in [1.82, 2.24) is 5.32 Å². The summed E-state index contributed by atoms with van der Waals surface area (Å²) in [7, 11) is 1.79. The average Bonchev–Trinajstić information content (AvgIpc) is 2.13. The van der Waals surface area contributed by atoms with Crippen LogP contribution in [-0.4, -0.2) is 25.3 Å². The molecule has 0 saturated carbocycles. The fourth-order valence-corrected chi connectivity index (χ4v) is 1.72. The maximum absolute atomic E-state index is 5.40.